The molecule has 8 nitrogen and oxygen atoms in total. The van der Waals surface area contributed by atoms with Gasteiger partial charge in [-0.3, -0.25) is 9.59 Å². The van der Waals surface area contributed by atoms with E-state index < -0.39 is 18.1 Å². The number of unbranched alkanes of at least 4 members (excludes halogenated alkanes) is 20. The number of ether oxygens (including phenoxy) is 3. The summed E-state index contributed by atoms with van der Waals surface area (Å²) in [6.07, 6.45) is 49.5. The largest absolute Gasteiger partial charge is 0.544 e. The zero-order chi connectivity index (χ0) is 42.8. The van der Waals surface area contributed by atoms with E-state index in [0.29, 0.717) is 12.8 Å². The molecule has 0 aromatic carbocycles. The lowest BCUT2D eigenvalue weighted by atomic mass is 10.1. The van der Waals surface area contributed by atoms with Crippen LogP contribution < -0.4 is 5.11 Å². The molecule has 0 aromatic rings. The van der Waals surface area contributed by atoms with Crippen LogP contribution in [-0.4, -0.2) is 75.5 Å². The van der Waals surface area contributed by atoms with Crippen molar-refractivity contribution in [3.05, 3.63) is 60.8 Å². The molecule has 0 bridgehead atoms. The van der Waals surface area contributed by atoms with Crippen LogP contribution in [0.2, 0.25) is 0 Å². The summed E-state index contributed by atoms with van der Waals surface area (Å²) in [5.74, 6) is -1.78. The summed E-state index contributed by atoms with van der Waals surface area (Å²) in [6.45, 7) is 4.59. The number of aliphatic carboxylic acids is 1. The van der Waals surface area contributed by atoms with Crippen molar-refractivity contribution in [1.29, 1.82) is 0 Å². The fraction of sp³-hybridized carbons (Fsp3) is 0.740. The highest BCUT2D eigenvalue weighted by molar-refractivity contribution is 5.70. The van der Waals surface area contributed by atoms with E-state index in [4.69, 9.17) is 14.2 Å². The number of esters is 2. The monoisotopic (exact) mass is 814 g/mol. The SMILES string of the molecule is CCCCC/C=C/C=C/C=C/C=C/CCCCCCCC(=O)OC(COCCC(C(=O)[O-])[N+](C)(C)C)COC(=O)CCCCCCC/C=C/CCCCCCCCC. The van der Waals surface area contributed by atoms with Crippen LogP contribution in [0.1, 0.15) is 187 Å². The molecule has 0 aromatic heterocycles. The van der Waals surface area contributed by atoms with Gasteiger partial charge in [0, 0.05) is 19.3 Å². The Labute approximate surface area is 356 Å². The van der Waals surface area contributed by atoms with Crippen molar-refractivity contribution >= 4 is 17.9 Å². The van der Waals surface area contributed by atoms with Gasteiger partial charge in [-0.1, -0.05) is 164 Å². The lowest BCUT2D eigenvalue weighted by Gasteiger charge is -2.34. The van der Waals surface area contributed by atoms with Crippen LogP contribution in [0, 0.1) is 0 Å². The molecular formula is C50H87NO7. The van der Waals surface area contributed by atoms with Gasteiger partial charge in [0.05, 0.1) is 40.3 Å². The minimum atomic E-state index is -1.13. The second-order valence-electron chi connectivity index (χ2n) is 16.7. The average molecular weight is 814 g/mol. The van der Waals surface area contributed by atoms with Crippen molar-refractivity contribution in [2.24, 2.45) is 0 Å². The molecule has 2 atom stereocenters. The third-order valence-electron chi connectivity index (χ3n) is 10.2. The first-order valence-electron chi connectivity index (χ1n) is 23.4. The maximum Gasteiger partial charge on any atom is 0.306 e. The van der Waals surface area contributed by atoms with Crippen LogP contribution in [0.5, 0.6) is 0 Å². The number of allylic oxidation sites excluding steroid dienone is 10. The van der Waals surface area contributed by atoms with Gasteiger partial charge in [-0.2, -0.15) is 0 Å². The molecule has 2 unspecified atom stereocenters. The van der Waals surface area contributed by atoms with Gasteiger partial charge in [0.2, 0.25) is 0 Å². The lowest BCUT2D eigenvalue weighted by molar-refractivity contribution is -0.889. The summed E-state index contributed by atoms with van der Waals surface area (Å²) in [6, 6.07) is -0.734. The Bertz CT molecular complexity index is 1130. The van der Waals surface area contributed by atoms with Gasteiger partial charge in [0.15, 0.2) is 6.10 Å². The second kappa shape index (κ2) is 40.8. The fourth-order valence-electron chi connectivity index (χ4n) is 6.55. The Hall–Kier alpha value is -2.97. The highest BCUT2D eigenvalue weighted by Gasteiger charge is 2.25. The molecule has 0 N–H and O–H groups in total. The molecule has 0 radical (unpaired) electrons. The van der Waals surface area contributed by atoms with E-state index in [1.54, 1.807) is 21.1 Å². The van der Waals surface area contributed by atoms with Crippen LogP contribution in [0.25, 0.3) is 0 Å². The first-order valence-corrected chi connectivity index (χ1v) is 23.4. The zero-order valence-electron chi connectivity index (χ0n) is 37.9. The van der Waals surface area contributed by atoms with Crippen molar-refractivity contribution in [2.45, 2.75) is 199 Å². The smallest absolute Gasteiger partial charge is 0.306 e. The second-order valence-corrected chi connectivity index (χ2v) is 16.7. The van der Waals surface area contributed by atoms with Gasteiger partial charge in [0.25, 0.3) is 0 Å². The molecule has 0 aliphatic heterocycles. The van der Waals surface area contributed by atoms with Crippen LogP contribution >= 0.6 is 0 Å². The molecule has 0 amide bonds. The van der Waals surface area contributed by atoms with E-state index in [-0.39, 0.29) is 42.7 Å². The molecule has 0 heterocycles. The molecule has 0 spiro atoms. The molecule has 0 saturated heterocycles. The topological polar surface area (TPSA) is 102 Å². The van der Waals surface area contributed by atoms with Crippen molar-refractivity contribution < 1.29 is 38.2 Å². The molecule has 334 valence electrons. The number of carbonyl (C=O) groups excluding carboxylic acids is 3. The molecule has 0 aliphatic rings. The van der Waals surface area contributed by atoms with Gasteiger partial charge in [-0.15, -0.1) is 0 Å². The number of quaternary nitrogens is 1. The number of hydrogen-bond acceptors (Lipinski definition) is 7. The fourth-order valence-corrected chi connectivity index (χ4v) is 6.55. The summed E-state index contributed by atoms with van der Waals surface area (Å²) in [4.78, 5) is 36.9. The summed E-state index contributed by atoms with van der Waals surface area (Å²) < 4.78 is 17.2. The molecule has 58 heavy (non-hydrogen) atoms. The number of carbonyl (C=O) groups is 3. The van der Waals surface area contributed by atoms with Crippen LogP contribution in [0.3, 0.4) is 0 Å². The third-order valence-corrected chi connectivity index (χ3v) is 10.2. The normalized spacial score (nSPS) is 13.5. The first kappa shape index (κ1) is 55.0. The average Bonchev–Trinajstić information content (AvgIpc) is 3.18. The van der Waals surface area contributed by atoms with E-state index in [1.165, 1.54) is 77.0 Å². The van der Waals surface area contributed by atoms with Crippen molar-refractivity contribution in [3.63, 3.8) is 0 Å². The molecule has 0 fully saturated rings. The van der Waals surface area contributed by atoms with Crippen molar-refractivity contribution in [3.8, 4) is 0 Å². The molecule has 0 aliphatic carbocycles. The Balaban J connectivity index is 4.40. The van der Waals surface area contributed by atoms with Crippen LogP contribution in [-0.2, 0) is 28.6 Å². The highest BCUT2D eigenvalue weighted by atomic mass is 16.6. The van der Waals surface area contributed by atoms with E-state index in [9.17, 15) is 19.5 Å². The summed E-state index contributed by atoms with van der Waals surface area (Å²) in [7, 11) is 5.39. The Morgan fingerprint density at radius 1 is 0.517 bits per heavy atom. The Kier molecular flexibility index (Phi) is 38.7. The molecule has 0 saturated carbocycles. The number of hydrogen-bond donors (Lipinski definition) is 0. The van der Waals surface area contributed by atoms with E-state index >= 15 is 0 Å². The van der Waals surface area contributed by atoms with Gasteiger partial charge >= 0.3 is 11.9 Å². The van der Waals surface area contributed by atoms with E-state index in [1.807, 2.05) is 6.08 Å². The number of nitrogens with zero attached hydrogens (tertiary/aromatic N) is 1. The number of rotatable bonds is 41. The van der Waals surface area contributed by atoms with Crippen molar-refractivity contribution in [1.82, 2.24) is 0 Å². The highest BCUT2D eigenvalue weighted by Crippen LogP contribution is 2.13. The minimum Gasteiger partial charge on any atom is -0.544 e. The quantitative estimate of drug-likeness (QED) is 0.0199. The van der Waals surface area contributed by atoms with Gasteiger partial charge in [-0.05, 0) is 64.2 Å². The lowest BCUT2D eigenvalue weighted by Crippen LogP contribution is -2.55. The minimum absolute atomic E-state index is 0.0264. The van der Waals surface area contributed by atoms with Gasteiger partial charge < -0.3 is 28.6 Å². The number of carboxylic acids is 1. The Morgan fingerprint density at radius 3 is 1.43 bits per heavy atom. The summed E-state index contributed by atoms with van der Waals surface area (Å²) in [5, 5.41) is 11.6. The predicted molar refractivity (Wildman–Crippen MR) is 240 cm³/mol. The predicted octanol–water partition coefficient (Wildman–Crippen LogP) is 11.6. The zero-order valence-corrected chi connectivity index (χ0v) is 37.9. The van der Waals surface area contributed by atoms with E-state index in [2.05, 4.69) is 68.5 Å². The van der Waals surface area contributed by atoms with Gasteiger partial charge in [0.1, 0.15) is 12.6 Å². The first-order chi connectivity index (χ1) is 28.1. The standard InChI is InChI=1S/C50H87NO7/c1-6-8-10-12-14-16-18-20-22-24-25-27-29-31-33-35-37-39-41-49(53)58-46(44-56-43-42-47(50(54)55)51(3,4)5)45-57-48(52)40-38-36-34-32-30-28-26-23-21-19-17-15-13-11-9-7-2/h14,16,18,20,22-27,46-47H,6-13,15,17,19,21,28-45H2,1-5H3/b16-14+,20-18+,24-22+,26-23+,27-25+. The molecular weight excluding hydrogens is 727 g/mol. The number of likely N-dealkylation sites (N-methyl/N-ethyl adjacent to an activating group) is 1. The van der Waals surface area contributed by atoms with Crippen LogP contribution in [0.4, 0.5) is 0 Å². The van der Waals surface area contributed by atoms with Crippen LogP contribution in [0.15, 0.2) is 60.8 Å². The maximum absolute atomic E-state index is 12.7. The third kappa shape index (κ3) is 38.5. The van der Waals surface area contributed by atoms with Gasteiger partial charge in [-0.25, -0.2) is 0 Å². The maximum atomic E-state index is 12.7. The summed E-state index contributed by atoms with van der Waals surface area (Å²) >= 11 is 0. The van der Waals surface area contributed by atoms with E-state index in [0.717, 1.165) is 77.0 Å². The Morgan fingerprint density at radius 2 is 0.931 bits per heavy atom. The summed E-state index contributed by atoms with van der Waals surface area (Å²) in [5.41, 5.74) is 0. The number of carboxylic acid groups (broad SMARTS) is 1. The van der Waals surface area contributed by atoms with Crippen molar-refractivity contribution in [2.75, 3.05) is 41.0 Å². The molecule has 8 heteroatoms. The molecule has 0 rings (SSSR count).